The molecule has 0 aliphatic heterocycles. The lowest BCUT2D eigenvalue weighted by atomic mass is 10.4. The van der Waals surface area contributed by atoms with E-state index in [4.69, 9.17) is 5.84 Å². The lowest BCUT2D eigenvalue weighted by molar-refractivity contribution is 0.583. The van der Waals surface area contributed by atoms with Crippen molar-refractivity contribution in [1.82, 2.24) is 4.83 Å². The van der Waals surface area contributed by atoms with Crippen molar-refractivity contribution in [3.63, 3.8) is 0 Å². The first kappa shape index (κ1) is 9.90. The predicted octanol–water partition coefficient (Wildman–Crippen LogP) is 0.443. The second kappa shape index (κ2) is 3.69. The molecule has 0 spiro atoms. The van der Waals surface area contributed by atoms with Gasteiger partial charge in [-0.05, 0) is 34.7 Å². The smallest absolute Gasteiger partial charge is 0.254 e. The molecule has 1 rings (SSSR count). The highest BCUT2D eigenvalue weighted by molar-refractivity contribution is 14.1. The quantitative estimate of drug-likeness (QED) is 0.473. The number of hydrogen-bond donors (Lipinski definition) is 2. The third kappa shape index (κ3) is 1.94. The zero-order valence-corrected chi connectivity index (χ0v) is 8.96. The molecule has 0 saturated carbocycles. The Bertz CT molecular complexity index is 377. The van der Waals surface area contributed by atoms with Crippen molar-refractivity contribution in [2.75, 3.05) is 0 Å². The second-order valence-electron chi connectivity index (χ2n) is 2.05. The Morgan fingerprint density at radius 3 is 2.42 bits per heavy atom. The molecule has 0 unspecified atom stereocenters. The van der Waals surface area contributed by atoms with Crippen molar-refractivity contribution in [3.05, 3.63) is 27.8 Å². The van der Waals surface area contributed by atoms with Crippen LogP contribution in [0.15, 0.2) is 29.2 Å². The van der Waals surface area contributed by atoms with E-state index < -0.39 is 10.0 Å². The average molecular weight is 298 g/mol. The summed E-state index contributed by atoms with van der Waals surface area (Å²) in [6, 6.07) is 6.60. The molecule has 0 aliphatic rings. The van der Waals surface area contributed by atoms with Gasteiger partial charge in [-0.15, -0.1) is 0 Å². The molecule has 0 bridgehead atoms. The van der Waals surface area contributed by atoms with Crippen molar-refractivity contribution >= 4 is 32.6 Å². The molecule has 0 aromatic heterocycles. The summed E-state index contributed by atoms with van der Waals surface area (Å²) in [5.41, 5.74) is 0. The van der Waals surface area contributed by atoms with Gasteiger partial charge in [-0.25, -0.2) is 8.42 Å². The van der Waals surface area contributed by atoms with Gasteiger partial charge in [0.1, 0.15) is 0 Å². The van der Waals surface area contributed by atoms with Gasteiger partial charge in [0.25, 0.3) is 10.0 Å². The number of nitrogens with two attached hydrogens (primary N) is 1. The van der Waals surface area contributed by atoms with E-state index in [1.807, 2.05) is 22.6 Å². The van der Waals surface area contributed by atoms with Crippen LogP contribution < -0.4 is 10.7 Å². The van der Waals surface area contributed by atoms with Crippen LogP contribution in [-0.2, 0) is 10.0 Å². The summed E-state index contributed by atoms with van der Waals surface area (Å²) >= 11 is 1.93. The summed E-state index contributed by atoms with van der Waals surface area (Å²) < 4.78 is 23.0. The van der Waals surface area contributed by atoms with E-state index in [2.05, 4.69) is 0 Å². The Balaban J connectivity index is 3.30. The summed E-state index contributed by atoms with van der Waals surface area (Å²) in [5, 5.41) is 0. The van der Waals surface area contributed by atoms with E-state index in [0.29, 0.717) is 3.57 Å². The Morgan fingerprint density at radius 1 is 1.33 bits per heavy atom. The Morgan fingerprint density at radius 2 is 1.92 bits per heavy atom. The van der Waals surface area contributed by atoms with Crippen LogP contribution in [0.1, 0.15) is 0 Å². The predicted molar refractivity (Wildman–Crippen MR) is 53.7 cm³/mol. The first-order valence-corrected chi connectivity index (χ1v) is 5.61. The van der Waals surface area contributed by atoms with Gasteiger partial charge in [0.15, 0.2) is 0 Å². The summed E-state index contributed by atoms with van der Waals surface area (Å²) in [5.74, 6) is 4.87. The van der Waals surface area contributed by atoms with Gasteiger partial charge in [0.05, 0.1) is 4.90 Å². The van der Waals surface area contributed by atoms with E-state index >= 15 is 0 Å². The van der Waals surface area contributed by atoms with Crippen LogP contribution in [-0.4, -0.2) is 8.42 Å². The fourth-order valence-corrected chi connectivity index (χ4v) is 2.69. The van der Waals surface area contributed by atoms with Gasteiger partial charge in [-0.2, -0.15) is 4.83 Å². The maximum atomic E-state index is 11.2. The third-order valence-electron chi connectivity index (χ3n) is 1.28. The Kier molecular flexibility index (Phi) is 3.04. The lowest BCUT2D eigenvalue weighted by Crippen LogP contribution is -2.30. The monoisotopic (exact) mass is 298 g/mol. The van der Waals surface area contributed by atoms with Crippen molar-refractivity contribution in [2.24, 2.45) is 5.84 Å². The topological polar surface area (TPSA) is 72.2 Å². The number of hydrogen-bond acceptors (Lipinski definition) is 3. The van der Waals surface area contributed by atoms with E-state index in [-0.39, 0.29) is 4.90 Å². The molecule has 0 atom stereocenters. The zero-order valence-electron chi connectivity index (χ0n) is 5.99. The fraction of sp³-hybridized carbons (Fsp3) is 0. The Hall–Kier alpha value is -0.180. The molecule has 6 heteroatoms. The van der Waals surface area contributed by atoms with Gasteiger partial charge in [-0.1, -0.05) is 12.1 Å². The highest BCUT2D eigenvalue weighted by Gasteiger charge is 2.13. The molecule has 0 saturated heterocycles. The first-order chi connectivity index (χ1) is 5.58. The average Bonchev–Trinajstić information content (AvgIpc) is 2.05. The molecule has 0 heterocycles. The molecule has 0 amide bonds. The summed E-state index contributed by atoms with van der Waals surface area (Å²) in [4.78, 5) is 1.97. The highest BCUT2D eigenvalue weighted by Crippen LogP contribution is 2.15. The molecule has 0 aliphatic carbocycles. The number of benzene rings is 1. The van der Waals surface area contributed by atoms with E-state index in [9.17, 15) is 8.42 Å². The van der Waals surface area contributed by atoms with Gasteiger partial charge in [0.2, 0.25) is 0 Å². The molecule has 0 fully saturated rings. The number of sulfonamides is 1. The van der Waals surface area contributed by atoms with Crippen LogP contribution in [0.25, 0.3) is 0 Å². The van der Waals surface area contributed by atoms with Crippen molar-refractivity contribution in [1.29, 1.82) is 0 Å². The van der Waals surface area contributed by atoms with Crippen molar-refractivity contribution in [3.8, 4) is 0 Å². The first-order valence-electron chi connectivity index (χ1n) is 3.05. The van der Waals surface area contributed by atoms with Gasteiger partial charge >= 0.3 is 0 Å². The van der Waals surface area contributed by atoms with E-state index in [1.54, 1.807) is 23.0 Å². The number of nitrogens with one attached hydrogen (secondary N) is 1. The second-order valence-corrected chi connectivity index (χ2v) is 4.90. The number of halogens is 1. The SMILES string of the molecule is NNS(=O)(=O)c1ccccc1I. The van der Waals surface area contributed by atoms with Gasteiger partial charge in [-0.3, -0.25) is 5.84 Å². The van der Waals surface area contributed by atoms with E-state index in [1.165, 1.54) is 6.07 Å². The maximum absolute atomic E-state index is 11.2. The van der Waals surface area contributed by atoms with Crippen molar-refractivity contribution < 1.29 is 8.42 Å². The molecule has 1 aromatic carbocycles. The largest absolute Gasteiger partial charge is 0.257 e. The number of hydrazine groups is 1. The summed E-state index contributed by atoms with van der Waals surface area (Å²) in [6.45, 7) is 0. The minimum Gasteiger partial charge on any atom is -0.257 e. The molecule has 0 radical (unpaired) electrons. The highest BCUT2D eigenvalue weighted by atomic mass is 127. The molecule has 3 N–H and O–H groups in total. The summed E-state index contributed by atoms with van der Waals surface area (Å²) in [7, 11) is -3.51. The standard InChI is InChI=1S/C6H7IN2O2S/c7-5-3-1-2-4-6(5)12(10,11)9-8/h1-4,9H,8H2. The van der Waals surface area contributed by atoms with Crippen LogP contribution in [0, 0.1) is 3.57 Å². The molecular formula is C6H7IN2O2S. The minimum absolute atomic E-state index is 0.202. The van der Waals surface area contributed by atoms with Crippen LogP contribution in [0.2, 0.25) is 0 Å². The Labute approximate surface area is 84.3 Å². The van der Waals surface area contributed by atoms with Gasteiger partial charge < -0.3 is 0 Å². The zero-order chi connectivity index (χ0) is 9.19. The van der Waals surface area contributed by atoms with Crippen molar-refractivity contribution in [2.45, 2.75) is 4.90 Å². The molecule has 4 nitrogen and oxygen atoms in total. The van der Waals surface area contributed by atoms with Crippen LogP contribution in [0.3, 0.4) is 0 Å². The normalized spacial score (nSPS) is 11.5. The third-order valence-corrected chi connectivity index (χ3v) is 3.83. The van der Waals surface area contributed by atoms with Gasteiger partial charge in [0, 0.05) is 3.57 Å². The molecule has 66 valence electrons. The minimum atomic E-state index is -3.51. The molecule has 1 aromatic rings. The van der Waals surface area contributed by atoms with E-state index in [0.717, 1.165) is 0 Å². The lowest BCUT2D eigenvalue weighted by Gasteiger charge is -2.02. The maximum Gasteiger partial charge on any atom is 0.254 e. The van der Waals surface area contributed by atoms with Crippen LogP contribution in [0.5, 0.6) is 0 Å². The molecular weight excluding hydrogens is 291 g/mol. The van der Waals surface area contributed by atoms with Crippen LogP contribution >= 0.6 is 22.6 Å². The molecule has 12 heavy (non-hydrogen) atoms. The number of rotatable bonds is 2. The summed E-state index contributed by atoms with van der Waals surface area (Å²) in [6.07, 6.45) is 0. The fourth-order valence-electron chi connectivity index (χ4n) is 0.726. The van der Waals surface area contributed by atoms with Crippen LogP contribution in [0.4, 0.5) is 0 Å².